The molecule has 216 valence electrons. The van der Waals surface area contributed by atoms with Crippen LogP contribution in [0.5, 0.6) is 0 Å². The molecule has 0 aliphatic heterocycles. The molecule has 2 saturated carbocycles. The molecular weight excluding hydrogens is 489 g/mol. The highest BCUT2D eigenvalue weighted by molar-refractivity contribution is 6.91. The van der Waals surface area contributed by atoms with Crippen molar-refractivity contribution >= 4 is 16.1 Å². The molecule has 2 aliphatic carbocycles. The van der Waals surface area contributed by atoms with Crippen LogP contribution in [-0.2, 0) is 0 Å². The summed E-state index contributed by atoms with van der Waals surface area (Å²) in [6.07, 6.45) is 13.5. The van der Waals surface area contributed by atoms with Crippen molar-refractivity contribution in [1.29, 1.82) is 0 Å². The maximum atomic E-state index is 4.19. The van der Waals surface area contributed by atoms with Gasteiger partial charge in [0.1, 0.15) is 16.1 Å². The summed E-state index contributed by atoms with van der Waals surface area (Å²) in [6, 6.07) is 0. The molecule has 2 fully saturated rings. The Hall–Kier alpha value is -0.706. The maximum Gasteiger partial charge on any atom is 0.146 e. The fourth-order valence-electron chi connectivity index (χ4n) is 8.78. The van der Waals surface area contributed by atoms with Crippen LogP contribution >= 0.6 is 0 Å². The third kappa shape index (κ3) is 7.32. The van der Waals surface area contributed by atoms with E-state index in [-0.39, 0.29) is 0 Å². The predicted octanol–water partition coefficient (Wildman–Crippen LogP) is 11.9. The molecule has 0 spiro atoms. The van der Waals surface area contributed by atoms with Crippen molar-refractivity contribution in [3.63, 3.8) is 0 Å². The van der Waals surface area contributed by atoms with Crippen LogP contribution in [0, 0.1) is 34.8 Å². The molecule has 0 amide bonds. The highest BCUT2D eigenvalue weighted by Gasteiger charge is 2.43. The molecule has 0 saturated heterocycles. The summed E-state index contributed by atoms with van der Waals surface area (Å²) in [5, 5.41) is 0. The van der Waals surface area contributed by atoms with E-state index < -0.39 is 16.1 Å². The molecule has 0 heterocycles. The van der Waals surface area contributed by atoms with Gasteiger partial charge in [-0.3, -0.25) is 0 Å². The lowest BCUT2D eigenvalue weighted by Crippen LogP contribution is -2.43. The van der Waals surface area contributed by atoms with Gasteiger partial charge in [-0.2, -0.15) is 0 Å². The lowest BCUT2D eigenvalue weighted by Gasteiger charge is -2.38. The largest absolute Gasteiger partial charge is 0.146 e. The summed E-state index contributed by atoms with van der Waals surface area (Å²) in [4.78, 5) is 0. The van der Waals surface area contributed by atoms with Crippen molar-refractivity contribution in [2.75, 3.05) is 0 Å². The minimum Gasteiger partial charge on any atom is -0.125 e. The fraction of sp³-hybridized carbons (Fsp3) is 0.833. The van der Waals surface area contributed by atoms with Gasteiger partial charge in [0.25, 0.3) is 0 Å². The van der Waals surface area contributed by atoms with Gasteiger partial charge in [0.15, 0.2) is 0 Å². The van der Waals surface area contributed by atoms with Gasteiger partial charge in [0.05, 0.1) is 0 Å². The molecule has 2 heteroatoms. The van der Waals surface area contributed by atoms with E-state index in [0.29, 0.717) is 45.1 Å². The minimum absolute atomic E-state index is 0.633. The van der Waals surface area contributed by atoms with Crippen molar-refractivity contribution in [2.24, 2.45) is 11.8 Å². The average molecular weight is 553 g/mol. The average Bonchev–Trinajstić information content (AvgIpc) is 2.85. The van der Waals surface area contributed by atoms with E-state index in [1.165, 1.54) is 75.4 Å². The lowest BCUT2D eigenvalue weighted by molar-refractivity contribution is 0.386. The Kier molecular flexibility index (Phi) is 13.0. The van der Waals surface area contributed by atoms with Crippen molar-refractivity contribution in [3.05, 3.63) is 11.1 Å². The molecule has 0 aromatic rings. The van der Waals surface area contributed by atoms with E-state index in [0.717, 1.165) is 0 Å². The van der Waals surface area contributed by atoms with Crippen LogP contribution < -0.4 is 0 Å². The normalized spacial score (nSPS) is 19.2. The molecular formula is C36H64Si2. The van der Waals surface area contributed by atoms with Crippen molar-refractivity contribution < 1.29 is 0 Å². The van der Waals surface area contributed by atoms with Crippen LogP contribution in [0.25, 0.3) is 0 Å². The lowest BCUT2D eigenvalue weighted by atomic mass is 9.76. The molecule has 38 heavy (non-hydrogen) atoms. The second-order valence-corrected chi connectivity index (χ2v) is 26.0. The topological polar surface area (TPSA) is 0 Å². The Morgan fingerprint density at radius 2 is 0.658 bits per heavy atom. The Morgan fingerprint density at radius 3 is 0.868 bits per heavy atom. The number of hydrogen-bond donors (Lipinski definition) is 0. The monoisotopic (exact) mass is 552 g/mol. The van der Waals surface area contributed by atoms with Gasteiger partial charge >= 0.3 is 0 Å². The SMILES string of the molecule is CC(C)[Si](C#C/C(=C(/C#C[Si](C(C)C)(C(C)C)C(C)C)C1CCCCC1)C1CCCCC1)(C(C)C)C(C)C. The standard InChI is InChI=1S/C36H64Si2/c1-27(2)37(28(3)4,29(5)6)25-23-35(33-19-15-13-16-20-33)36(34-21-17-14-18-22-34)24-26-38(30(7)8,31(9)10)32(11)12/h27-34H,13-22H2,1-12H3/b36-35+. The summed E-state index contributed by atoms with van der Waals surface area (Å²) < 4.78 is 0. The van der Waals surface area contributed by atoms with E-state index in [4.69, 9.17) is 0 Å². The van der Waals surface area contributed by atoms with E-state index in [2.05, 4.69) is 106 Å². The molecule has 0 radical (unpaired) electrons. The van der Waals surface area contributed by atoms with Crippen molar-refractivity contribution in [1.82, 2.24) is 0 Å². The summed E-state index contributed by atoms with van der Waals surface area (Å²) in [5.41, 5.74) is 15.5. The number of hydrogen-bond acceptors (Lipinski definition) is 0. The first-order valence-corrected chi connectivity index (χ1v) is 21.1. The summed E-state index contributed by atoms with van der Waals surface area (Å²) in [7, 11) is -3.59. The summed E-state index contributed by atoms with van der Waals surface area (Å²) >= 11 is 0. The second kappa shape index (κ2) is 14.8. The first kappa shape index (κ1) is 33.5. The molecule has 2 rings (SSSR count). The number of rotatable bonds is 8. The Labute approximate surface area is 242 Å². The quantitative estimate of drug-likeness (QED) is 0.207. The fourth-order valence-corrected chi connectivity index (χ4v) is 19.2. The molecule has 0 atom stereocenters. The third-order valence-corrected chi connectivity index (χ3v) is 23.5. The van der Waals surface area contributed by atoms with Crippen LogP contribution in [0.2, 0.25) is 33.2 Å². The van der Waals surface area contributed by atoms with Crippen LogP contribution in [-0.4, -0.2) is 16.1 Å². The zero-order chi connectivity index (χ0) is 28.7. The molecule has 0 bridgehead atoms. The van der Waals surface area contributed by atoms with E-state index in [9.17, 15) is 0 Å². The summed E-state index contributed by atoms with van der Waals surface area (Å²) in [6.45, 7) is 29.5. The maximum absolute atomic E-state index is 4.19. The van der Waals surface area contributed by atoms with Crippen LogP contribution in [0.1, 0.15) is 147 Å². The Morgan fingerprint density at radius 1 is 0.421 bits per heavy atom. The van der Waals surface area contributed by atoms with Gasteiger partial charge in [-0.1, -0.05) is 133 Å². The zero-order valence-corrected chi connectivity index (χ0v) is 29.7. The molecule has 0 unspecified atom stereocenters. The second-order valence-electron chi connectivity index (χ2n) is 14.8. The first-order valence-electron chi connectivity index (χ1n) is 16.6. The van der Waals surface area contributed by atoms with E-state index in [1.54, 1.807) is 0 Å². The van der Waals surface area contributed by atoms with Gasteiger partial charge in [-0.15, -0.1) is 11.1 Å². The van der Waals surface area contributed by atoms with Crippen molar-refractivity contribution in [3.8, 4) is 22.9 Å². The Bertz CT molecular complexity index is 764. The van der Waals surface area contributed by atoms with E-state index >= 15 is 0 Å². The number of allylic oxidation sites excluding steroid dienone is 2. The third-order valence-electron chi connectivity index (χ3n) is 10.9. The molecule has 0 nitrogen and oxygen atoms in total. The van der Waals surface area contributed by atoms with Gasteiger partial charge in [0.2, 0.25) is 0 Å². The van der Waals surface area contributed by atoms with Gasteiger partial charge < -0.3 is 0 Å². The first-order chi connectivity index (χ1) is 17.8. The smallest absolute Gasteiger partial charge is 0.125 e. The van der Waals surface area contributed by atoms with Crippen LogP contribution in [0.3, 0.4) is 0 Å². The molecule has 0 aromatic carbocycles. The highest BCUT2D eigenvalue weighted by Crippen LogP contribution is 2.44. The zero-order valence-electron chi connectivity index (χ0n) is 27.7. The highest BCUT2D eigenvalue weighted by atomic mass is 28.3. The minimum atomic E-state index is -1.80. The van der Waals surface area contributed by atoms with Gasteiger partial charge in [-0.25, -0.2) is 0 Å². The molecule has 0 N–H and O–H groups in total. The predicted molar refractivity (Wildman–Crippen MR) is 178 cm³/mol. The molecule has 2 aliphatic rings. The molecule has 0 aromatic heterocycles. The Balaban J connectivity index is 2.89. The van der Waals surface area contributed by atoms with Gasteiger partial charge in [0, 0.05) is 11.1 Å². The van der Waals surface area contributed by atoms with E-state index in [1.807, 2.05) is 0 Å². The van der Waals surface area contributed by atoms with Crippen molar-refractivity contribution in [2.45, 2.75) is 181 Å². The summed E-state index contributed by atoms with van der Waals surface area (Å²) in [5.74, 6) is 9.47. The van der Waals surface area contributed by atoms with Gasteiger partial charge in [-0.05, 0) is 70.8 Å². The van der Waals surface area contributed by atoms with Crippen LogP contribution in [0.15, 0.2) is 11.1 Å². The van der Waals surface area contributed by atoms with Crippen LogP contribution in [0.4, 0.5) is 0 Å².